The highest BCUT2D eigenvalue weighted by atomic mass is 19.1. The van der Waals surface area contributed by atoms with Crippen molar-refractivity contribution in [3.05, 3.63) is 52.9 Å². The molecule has 9 heteroatoms. The molecule has 0 saturated heterocycles. The first-order valence-corrected chi connectivity index (χ1v) is 17.8. The summed E-state index contributed by atoms with van der Waals surface area (Å²) in [6.45, 7) is 4.23. The summed E-state index contributed by atoms with van der Waals surface area (Å²) in [6.07, 6.45) is 18.7. The van der Waals surface area contributed by atoms with Gasteiger partial charge in [-0.05, 0) is 25.5 Å². The summed E-state index contributed by atoms with van der Waals surface area (Å²) in [6, 6.07) is 5.20. The second-order valence-corrected chi connectivity index (χ2v) is 13.2. The number of carbonyl (C=O) groups excluding carboxylic acids is 2. The minimum absolute atomic E-state index is 0.0852. The van der Waals surface area contributed by atoms with E-state index in [2.05, 4.69) is 11.9 Å². The van der Waals surface area contributed by atoms with Crippen LogP contribution in [0.15, 0.2) is 24.3 Å². The highest BCUT2D eigenvalue weighted by Crippen LogP contribution is 2.40. The summed E-state index contributed by atoms with van der Waals surface area (Å²) in [5, 5.41) is 0. The van der Waals surface area contributed by atoms with E-state index in [9.17, 15) is 18.4 Å². The lowest BCUT2D eigenvalue weighted by atomic mass is 10.0. The van der Waals surface area contributed by atoms with Gasteiger partial charge < -0.3 is 14.4 Å². The number of nitrogens with zero attached hydrogens (tertiary/aromatic N) is 3. The molecule has 0 aliphatic carbocycles. The van der Waals surface area contributed by atoms with Gasteiger partial charge in [0, 0.05) is 44.6 Å². The lowest BCUT2D eigenvalue weighted by molar-refractivity contribution is 0.0824. The van der Waals surface area contributed by atoms with Gasteiger partial charge in [0.15, 0.2) is 0 Å². The zero-order valence-corrected chi connectivity index (χ0v) is 28.8. The van der Waals surface area contributed by atoms with Crippen LogP contribution in [0.4, 0.5) is 8.78 Å². The van der Waals surface area contributed by atoms with E-state index in [-0.39, 0.29) is 35.5 Å². The molecule has 0 radical (unpaired) electrons. The van der Waals surface area contributed by atoms with E-state index in [1.807, 2.05) is 0 Å². The summed E-state index contributed by atoms with van der Waals surface area (Å²) in [5.41, 5.74) is 1.34. The summed E-state index contributed by atoms with van der Waals surface area (Å²) in [4.78, 5) is 32.7. The van der Waals surface area contributed by atoms with Gasteiger partial charge in [-0.3, -0.25) is 14.2 Å². The number of hydrogen-bond donors (Lipinski definition) is 0. The zero-order chi connectivity index (χ0) is 33.8. The number of hydrogen-bond acceptors (Lipinski definition) is 5. The Kier molecular flexibility index (Phi) is 14.0. The van der Waals surface area contributed by atoms with Gasteiger partial charge in [-0.1, -0.05) is 96.8 Å². The van der Waals surface area contributed by atoms with Crippen molar-refractivity contribution in [3.8, 4) is 11.5 Å². The Balaban J connectivity index is 1.34. The average Bonchev–Trinajstić information content (AvgIpc) is 3.38. The monoisotopic (exact) mass is 653 g/mol. The van der Waals surface area contributed by atoms with Crippen LogP contribution < -0.4 is 9.47 Å². The van der Waals surface area contributed by atoms with Gasteiger partial charge in [-0.2, -0.15) is 0 Å². The molecule has 47 heavy (non-hydrogen) atoms. The normalized spacial score (nSPS) is 14.2. The molecule has 3 aromatic rings. The Labute approximate surface area is 279 Å². The van der Waals surface area contributed by atoms with Crippen LogP contribution in [0.5, 0.6) is 11.5 Å². The molecule has 1 aliphatic heterocycles. The number of amides is 1. The Morgan fingerprint density at radius 3 is 2.09 bits per heavy atom. The molecule has 2 aromatic carbocycles. The fraction of sp³-hybridized carbons (Fsp3) is 0.605. The number of halogens is 2. The minimum atomic E-state index is -0.784. The lowest BCUT2D eigenvalue weighted by Crippen LogP contribution is -2.23. The fourth-order valence-corrected chi connectivity index (χ4v) is 6.49. The van der Waals surface area contributed by atoms with Crippen LogP contribution in [0.3, 0.4) is 0 Å². The number of rotatable bonds is 19. The van der Waals surface area contributed by atoms with Crippen LogP contribution >= 0.6 is 0 Å². The number of unbranched alkanes of at least 4 members (excludes halogenated alkanes) is 14. The van der Waals surface area contributed by atoms with Crippen molar-refractivity contribution in [2.75, 3.05) is 20.7 Å². The van der Waals surface area contributed by atoms with E-state index in [1.165, 1.54) is 81.9 Å². The van der Waals surface area contributed by atoms with Crippen molar-refractivity contribution in [2.24, 2.45) is 0 Å². The Bertz CT molecular complexity index is 1490. The maximum Gasteiger partial charge on any atom is 0.253 e. The first-order valence-electron chi connectivity index (χ1n) is 17.8. The molecule has 0 unspecified atom stereocenters. The first kappa shape index (κ1) is 36.3. The maximum absolute atomic E-state index is 14.9. The zero-order valence-electron chi connectivity index (χ0n) is 28.8. The SMILES string of the molecule is CCCCCCCCCCCCCCCCCC(=O)n1c(C)nc2c(O[C@H]3CCOc4cc(F)cc(F)c43)cc(C(=O)N(C)C)cc21. The summed E-state index contributed by atoms with van der Waals surface area (Å²) >= 11 is 0. The second-order valence-electron chi connectivity index (χ2n) is 13.2. The van der Waals surface area contributed by atoms with E-state index in [1.54, 1.807) is 37.7 Å². The van der Waals surface area contributed by atoms with E-state index >= 15 is 0 Å². The maximum atomic E-state index is 14.9. The van der Waals surface area contributed by atoms with Crippen LogP contribution in [0.2, 0.25) is 0 Å². The molecule has 258 valence electrons. The molecule has 0 N–H and O–H groups in total. The third kappa shape index (κ3) is 10.0. The molecule has 0 bridgehead atoms. The number of benzene rings is 2. The third-order valence-electron chi connectivity index (χ3n) is 9.07. The van der Waals surface area contributed by atoms with Gasteiger partial charge in [0.1, 0.15) is 40.6 Å². The van der Waals surface area contributed by atoms with Crippen LogP contribution in [-0.2, 0) is 0 Å². The predicted molar refractivity (Wildman–Crippen MR) is 182 cm³/mol. The Morgan fingerprint density at radius 1 is 0.894 bits per heavy atom. The lowest BCUT2D eigenvalue weighted by Gasteiger charge is -2.27. The van der Waals surface area contributed by atoms with E-state index in [4.69, 9.17) is 9.47 Å². The topological polar surface area (TPSA) is 73.7 Å². The van der Waals surface area contributed by atoms with Crippen molar-refractivity contribution in [1.29, 1.82) is 0 Å². The molecule has 7 nitrogen and oxygen atoms in total. The van der Waals surface area contributed by atoms with Gasteiger partial charge in [-0.15, -0.1) is 0 Å². The van der Waals surface area contributed by atoms with Crippen molar-refractivity contribution >= 4 is 22.8 Å². The standard InChI is InChI=1S/C38H53F2N3O4/c1-5-6-7-8-9-10-11-12-13-14-15-16-17-18-19-20-35(44)43-27(2)41-37-31(43)23-28(38(45)42(3)4)24-34(37)47-32-21-22-46-33-26-29(39)25-30(40)36(32)33/h23-26,32H,5-22H2,1-4H3/t32-/m0/s1. The molecule has 1 amide bonds. The molecule has 1 atom stereocenters. The van der Waals surface area contributed by atoms with Crippen molar-refractivity contribution in [3.63, 3.8) is 0 Å². The van der Waals surface area contributed by atoms with E-state index in [0.29, 0.717) is 35.3 Å². The van der Waals surface area contributed by atoms with Gasteiger partial charge in [0.25, 0.3) is 5.91 Å². The molecule has 0 saturated carbocycles. The van der Waals surface area contributed by atoms with E-state index in [0.717, 1.165) is 31.4 Å². The number of imidazole rings is 1. The number of carbonyl (C=O) groups is 2. The van der Waals surface area contributed by atoms with Gasteiger partial charge in [0.05, 0.1) is 17.7 Å². The smallest absolute Gasteiger partial charge is 0.253 e. The van der Waals surface area contributed by atoms with Crippen LogP contribution in [-0.4, -0.2) is 47.0 Å². The number of fused-ring (bicyclic) bond motifs is 2. The minimum Gasteiger partial charge on any atom is -0.493 e. The summed E-state index contributed by atoms with van der Waals surface area (Å²) < 4.78 is 42.2. The van der Waals surface area contributed by atoms with Crippen LogP contribution in [0.25, 0.3) is 11.0 Å². The summed E-state index contributed by atoms with van der Waals surface area (Å²) in [7, 11) is 3.30. The summed E-state index contributed by atoms with van der Waals surface area (Å²) in [5.74, 6) is -1.000. The quantitative estimate of drug-likeness (QED) is 0.120. The van der Waals surface area contributed by atoms with Crippen molar-refractivity contribution in [2.45, 2.75) is 129 Å². The second kappa shape index (κ2) is 18.2. The molecule has 1 aliphatic rings. The van der Waals surface area contributed by atoms with Crippen molar-refractivity contribution in [1.82, 2.24) is 14.5 Å². The van der Waals surface area contributed by atoms with E-state index < -0.39 is 17.7 Å². The molecule has 1 aromatic heterocycles. The van der Waals surface area contributed by atoms with Crippen molar-refractivity contribution < 1.29 is 27.8 Å². The molecular weight excluding hydrogens is 600 g/mol. The Hall–Kier alpha value is -3.49. The molecule has 4 rings (SSSR count). The number of ether oxygens (including phenoxy) is 2. The molecular formula is C38H53F2N3O4. The largest absolute Gasteiger partial charge is 0.493 e. The van der Waals surface area contributed by atoms with Crippen LogP contribution in [0.1, 0.15) is 149 Å². The van der Waals surface area contributed by atoms with Gasteiger partial charge in [-0.25, -0.2) is 13.8 Å². The Morgan fingerprint density at radius 2 is 1.49 bits per heavy atom. The van der Waals surface area contributed by atoms with Gasteiger partial charge >= 0.3 is 0 Å². The highest BCUT2D eigenvalue weighted by Gasteiger charge is 2.30. The molecule has 0 fully saturated rings. The molecule has 0 spiro atoms. The fourth-order valence-electron chi connectivity index (χ4n) is 6.49. The third-order valence-corrected chi connectivity index (χ3v) is 9.07. The van der Waals surface area contributed by atoms with Gasteiger partial charge in [0.2, 0.25) is 5.91 Å². The highest BCUT2D eigenvalue weighted by molar-refractivity contribution is 6.01. The van der Waals surface area contributed by atoms with Crippen LogP contribution in [0, 0.1) is 18.6 Å². The number of aryl methyl sites for hydroxylation is 1. The predicted octanol–water partition coefficient (Wildman–Crippen LogP) is 10.1. The molecule has 2 heterocycles. The number of aromatic nitrogens is 2. The average molecular weight is 654 g/mol. The first-order chi connectivity index (χ1) is 22.7.